The van der Waals surface area contributed by atoms with Crippen molar-refractivity contribution in [2.75, 3.05) is 19.0 Å². The number of anilines is 1. The average molecular weight is 304 g/mol. The van der Waals surface area contributed by atoms with E-state index in [0.717, 1.165) is 18.6 Å². The van der Waals surface area contributed by atoms with Gasteiger partial charge >= 0.3 is 0 Å². The molecular formula is C17H24N2O3. The Kier molecular flexibility index (Phi) is 5.41. The summed E-state index contributed by atoms with van der Waals surface area (Å²) in [5.74, 6) is 1.01. The molecule has 22 heavy (non-hydrogen) atoms. The fraction of sp³-hybridized carbons (Fsp3) is 0.529. The average Bonchev–Trinajstić information content (AvgIpc) is 2.97. The SMILES string of the molecule is COc1ccc(NC(=O)C2CCCN2C(=O)CC(C)C)cc1. The summed E-state index contributed by atoms with van der Waals surface area (Å²) in [5.41, 5.74) is 0.717. The standard InChI is InChI=1S/C17H24N2O3/c1-12(2)11-16(20)19-10-4-5-15(19)17(21)18-13-6-8-14(22-3)9-7-13/h6-9,12,15H,4-5,10-11H2,1-3H3,(H,18,21). The van der Waals surface area contributed by atoms with E-state index in [-0.39, 0.29) is 17.9 Å². The minimum absolute atomic E-state index is 0.0716. The van der Waals surface area contributed by atoms with Crippen molar-refractivity contribution in [3.8, 4) is 5.75 Å². The summed E-state index contributed by atoms with van der Waals surface area (Å²) in [6.07, 6.45) is 2.10. The van der Waals surface area contributed by atoms with Gasteiger partial charge in [-0.3, -0.25) is 9.59 Å². The Balaban J connectivity index is 1.99. The summed E-state index contributed by atoms with van der Waals surface area (Å²) >= 11 is 0. The lowest BCUT2D eigenvalue weighted by Gasteiger charge is -2.24. The van der Waals surface area contributed by atoms with Gasteiger partial charge in [0.15, 0.2) is 0 Å². The molecule has 120 valence electrons. The molecule has 1 saturated heterocycles. The first-order chi connectivity index (χ1) is 10.5. The topological polar surface area (TPSA) is 58.6 Å². The van der Waals surface area contributed by atoms with Crippen LogP contribution in [-0.2, 0) is 9.59 Å². The lowest BCUT2D eigenvalue weighted by molar-refractivity contribution is -0.137. The molecule has 2 rings (SSSR count). The Hall–Kier alpha value is -2.04. The van der Waals surface area contributed by atoms with E-state index < -0.39 is 0 Å². The van der Waals surface area contributed by atoms with Gasteiger partial charge < -0.3 is 15.0 Å². The van der Waals surface area contributed by atoms with Crippen molar-refractivity contribution in [3.63, 3.8) is 0 Å². The summed E-state index contributed by atoms with van der Waals surface area (Å²) in [6.45, 7) is 4.70. The van der Waals surface area contributed by atoms with Gasteiger partial charge in [-0.25, -0.2) is 0 Å². The Morgan fingerprint density at radius 1 is 1.32 bits per heavy atom. The number of hydrogen-bond acceptors (Lipinski definition) is 3. The van der Waals surface area contributed by atoms with Gasteiger partial charge in [-0.05, 0) is 43.0 Å². The van der Waals surface area contributed by atoms with Crippen LogP contribution in [0.4, 0.5) is 5.69 Å². The van der Waals surface area contributed by atoms with Crippen LogP contribution in [0.3, 0.4) is 0 Å². The van der Waals surface area contributed by atoms with Crippen LogP contribution in [0, 0.1) is 5.92 Å². The van der Waals surface area contributed by atoms with Crippen LogP contribution in [-0.4, -0.2) is 36.4 Å². The third-order valence-electron chi connectivity index (χ3n) is 3.82. The Labute approximate surface area is 131 Å². The normalized spacial score (nSPS) is 17.6. The highest BCUT2D eigenvalue weighted by atomic mass is 16.5. The molecule has 0 spiro atoms. The number of likely N-dealkylation sites (tertiary alicyclic amines) is 1. The fourth-order valence-corrected chi connectivity index (χ4v) is 2.70. The van der Waals surface area contributed by atoms with Gasteiger partial charge in [-0.2, -0.15) is 0 Å². The fourth-order valence-electron chi connectivity index (χ4n) is 2.70. The van der Waals surface area contributed by atoms with Crippen LogP contribution in [0.25, 0.3) is 0 Å². The number of rotatable bonds is 5. The first-order valence-electron chi connectivity index (χ1n) is 7.75. The van der Waals surface area contributed by atoms with Gasteiger partial charge in [0.25, 0.3) is 0 Å². The van der Waals surface area contributed by atoms with E-state index in [1.165, 1.54) is 0 Å². The van der Waals surface area contributed by atoms with Crippen molar-refractivity contribution in [1.82, 2.24) is 4.90 Å². The van der Waals surface area contributed by atoms with E-state index in [0.29, 0.717) is 24.6 Å². The minimum atomic E-state index is -0.353. The van der Waals surface area contributed by atoms with Gasteiger partial charge in [-0.1, -0.05) is 13.8 Å². The molecule has 5 heteroatoms. The van der Waals surface area contributed by atoms with Crippen LogP contribution < -0.4 is 10.1 Å². The zero-order chi connectivity index (χ0) is 16.1. The van der Waals surface area contributed by atoms with E-state index >= 15 is 0 Å². The van der Waals surface area contributed by atoms with Crippen LogP contribution >= 0.6 is 0 Å². The van der Waals surface area contributed by atoms with Gasteiger partial charge in [-0.15, -0.1) is 0 Å². The van der Waals surface area contributed by atoms with Gasteiger partial charge in [0.05, 0.1) is 7.11 Å². The van der Waals surface area contributed by atoms with Crippen LogP contribution in [0.5, 0.6) is 5.75 Å². The van der Waals surface area contributed by atoms with Crippen molar-refractivity contribution in [2.24, 2.45) is 5.92 Å². The lowest BCUT2D eigenvalue weighted by atomic mass is 10.1. The summed E-state index contributed by atoms with van der Waals surface area (Å²) in [7, 11) is 1.60. The monoisotopic (exact) mass is 304 g/mol. The Morgan fingerprint density at radius 3 is 2.59 bits per heavy atom. The molecule has 1 atom stereocenters. The molecule has 0 aliphatic carbocycles. The Bertz CT molecular complexity index is 525. The number of hydrogen-bond donors (Lipinski definition) is 1. The molecular weight excluding hydrogens is 280 g/mol. The molecule has 1 aliphatic heterocycles. The maximum Gasteiger partial charge on any atom is 0.247 e. The molecule has 1 N–H and O–H groups in total. The van der Waals surface area contributed by atoms with E-state index in [4.69, 9.17) is 4.74 Å². The molecule has 1 aliphatic rings. The number of nitrogens with zero attached hydrogens (tertiary/aromatic N) is 1. The first-order valence-corrected chi connectivity index (χ1v) is 7.75. The Morgan fingerprint density at radius 2 is 2.00 bits per heavy atom. The molecule has 0 radical (unpaired) electrons. The van der Waals surface area contributed by atoms with Crippen LogP contribution in [0.15, 0.2) is 24.3 Å². The number of carbonyl (C=O) groups is 2. The third kappa shape index (κ3) is 4.00. The number of carbonyl (C=O) groups excluding carboxylic acids is 2. The number of methoxy groups -OCH3 is 1. The molecule has 1 heterocycles. The second-order valence-electron chi connectivity index (χ2n) is 6.06. The maximum absolute atomic E-state index is 12.4. The van der Waals surface area contributed by atoms with Gasteiger partial charge in [0, 0.05) is 18.7 Å². The highest BCUT2D eigenvalue weighted by molar-refractivity contribution is 5.97. The molecule has 5 nitrogen and oxygen atoms in total. The van der Waals surface area contributed by atoms with Gasteiger partial charge in [0.2, 0.25) is 11.8 Å². The predicted molar refractivity (Wildman–Crippen MR) is 85.8 cm³/mol. The highest BCUT2D eigenvalue weighted by Crippen LogP contribution is 2.22. The summed E-state index contributed by atoms with van der Waals surface area (Å²) in [5, 5.41) is 2.88. The summed E-state index contributed by atoms with van der Waals surface area (Å²) in [4.78, 5) is 26.4. The van der Waals surface area contributed by atoms with Crippen LogP contribution in [0.1, 0.15) is 33.1 Å². The third-order valence-corrected chi connectivity index (χ3v) is 3.82. The lowest BCUT2D eigenvalue weighted by Crippen LogP contribution is -2.43. The number of amides is 2. The van der Waals surface area contributed by atoms with Crippen molar-refractivity contribution in [3.05, 3.63) is 24.3 Å². The number of benzene rings is 1. The number of nitrogens with one attached hydrogen (secondary N) is 1. The number of ether oxygens (including phenoxy) is 1. The van der Waals surface area contributed by atoms with Crippen molar-refractivity contribution < 1.29 is 14.3 Å². The molecule has 0 saturated carbocycles. The molecule has 1 fully saturated rings. The largest absolute Gasteiger partial charge is 0.497 e. The molecule has 0 aromatic heterocycles. The summed E-state index contributed by atoms with van der Waals surface area (Å²) < 4.78 is 5.09. The van der Waals surface area contributed by atoms with Gasteiger partial charge in [0.1, 0.15) is 11.8 Å². The molecule has 1 aromatic rings. The zero-order valence-corrected chi connectivity index (χ0v) is 13.5. The molecule has 0 bridgehead atoms. The molecule has 1 aromatic carbocycles. The molecule has 1 unspecified atom stereocenters. The van der Waals surface area contributed by atoms with Crippen molar-refractivity contribution in [1.29, 1.82) is 0 Å². The minimum Gasteiger partial charge on any atom is -0.497 e. The van der Waals surface area contributed by atoms with Crippen LogP contribution in [0.2, 0.25) is 0 Å². The van der Waals surface area contributed by atoms with Crippen molar-refractivity contribution in [2.45, 2.75) is 39.2 Å². The van der Waals surface area contributed by atoms with E-state index in [1.54, 1.807) is 36.3 Å². The second kappa shape index (κ2) is 7.29. The summed E-state index contributed by atoms with van der Waals surface area (Å²) in [6, 6.07) is 6.84. The van der Waals surface area contributed by atoms with E-state index in [9.17, 15) is 9.59 Å². The highest BCUT2D eigenvalue weighted by Gasteiger charge is 2.33. The van der Waals surface area contributed by atoms with Crippen molar-refractivity contribution >= 4 is 17.5 Å². The predicted octanol–water partition coefficient (Wildman–Crippen LogP) is 2.67. The second-order valence-corrected chi connectivity index (χ2v) is 6.06. The zero-order valence-electron chi connectivity index (χ0n) is 13.5. The maximum atomic E-state index is 12.4. The quantitative estimate of drug-likeness (QED) is 0.910. The van der Waals surface area contributed by atoms with E-state index in [2.05, 4.69) is 5.32 Å². The smallest absolute Gasteiger partial charge is 0.247 e. The van der Waals surface area contributed by atoms with E-state index in [1.807, 2.05) is 13.8 Å². The molecule has 2 amide bonds. The first kappa shape index (κ1) is 16.3.